The molecule has 1 saturated carbocycles. The number of thiophene rings is 1. The van der Waals surface area contributed by atoms with Crippen molar-refractivity contribution in [2.24, 2.45) is 5.92 Å². The SMILES string of the molecule is CCOC(CC1C(=O)CCCC1c1ccsc1)OC. The minimum atomic E-state index is -0.266. The van der Waals surface area contributed by atoms with Crippen LogP contribution in [0.1, 0.15) is 44.1 Å². The first kappa shape index (κ1) is 14.7. The standard InChI is InChI=1S/C15H22O3S/c1-3-18-15(17-2)9-13-12(5-4-6-14(13)16)11-7-8-19-10-11/h7-8,10,12-13,15H,3-6,9H2,1-2H3. The molecule has 1 aliphatic carbocycles. The van der Waals surface area contributed by atoms with Crippen molar-refractivity contribution in [1.29, 1.82) is 0 Å². The lowest BCUT2D eigenvalue weighted by molar-refractivity contribution is -0.145. The molecule has 0 bridgehead atoms. The van der Waals surface area contributed by atoms with Crippen LogP contribution in [-0.2, 0) is 14.3 Å². The number of hydrogen-bond donors (Lipinski definition) is 0. The lowest BCUT2D eigenvalue weighted by atomic mass is 9.74. The van der Waals surface area contributed by atoms with Crippen molar-refractivity contribution >= 4 is 17.1 Å². The van der Waals surface area contributed by atoms with Crippen molar-refractivity contribution in [3.8, 4) is 0 Å². The van der Waals surface area contributed by atoms with E-state index >= 15 is 0 Å². The van der Waals surface area contributed by atoms with Gasteiger partial charge in [-0.2, -0.15) is 11.3 Å². The lowest BCUT2D eigenvalue weighted by Crippen LogP contribution is -2.32. The van der Waals surface area contributed by atoms with Crippen molar-refractivity contribution in [3.05, 3.63) is 22.4 Å². The van der Waals surface area contributed by atoms with Crippen molar-refractivity contribution in [3.63, 3.8) is 0 Å². The molecule has 3 unspecified atom stereocenters. The molecular weight excluding hydrogens is 260 g/mol. The Kier molecular flexibility index (Phi) is 5.55. The van der Waals surface area contributed by atoms with Gasteiger partial charge in [-0.15, -0.1) is 0 Å². The minimum Gasteiger partial charge on any atom is -0.356 e. The third kappa shape index (κ3) is 3.65. The molecule has 0 spiro atoms. The van der Waals surface area contributed by atoms with Gasteiger partial charge in [0.25, 0.3) is 0 Å². The predicted molar refractivity (Wildman–Crippen MR) is 76.4 cm³/mol. The molecule has 1 aromatic rings. The van der Waals surface area contributed by atoms with Crippen LogP contribution < -0.4 is 0 Å². The van der Waals surface area contributed by atoms with Crippen LogP contribution in [0.5, 0.6) is 0 Å². The van der Waals surface area contributed by atoms with E-state index in [2.05, 4.69) is 16.8 Å². The summed E-state index contributed by atoms with van der Waals surface area (Å²) in [5, 5.41) is 4.25. The fraction of sp³-hybridized carbons (Fsp3) is 0.667. The van der Waals surface area contributed by atoms with Crippen molar-refractivity contribution < 1.29 is 14.3 Å². The number of methoxy groups -OCH3 is 1. The molecule has 0 saturated heterocycles. The van der Waals surface area contributed by atoms with Gasteiger partial charge in [-0.1, -0.05) is 0 Å². The van der Waals surface area contributed by atoms with Crippen LogP contribution in [0.2, 0.25) is 0 Å². The van der Waals surface area contributed by atoms with Gasteiger partial charge >= 0.3 is 0 Å². The molecular formula is C15H22O3S. The number of ketones is 1. The summed E-state index contributed by atoms with van der Waals surface area (Å²) < 4.78 is 10.9. The highest BCUT2D eigenvalue weighted by Gasteiger charge is 2.34. The Labute approximate surface area is 118 Å². The molecule has 19 heavy (non-hydrogen) atoms. The monoisotopic (exact) mass is 282 g/mol. The Balaban J connectivity index is 2.10. The Morgan fingerprint density at radius 3 is 3.00 bits per heavy atom. The largest absolute Gasteiger partial charge is 0.356 e. The summed E-state index contributed by atoms with van der Waals surface area (Å²) in [7, 11) is 1.65. The number of ether oxygens (including phenoxy) is 2. The summed E-state index contributed by atoms with van der Waals surface area (Å²) in [5.74, 6) is 0.745. The van der Waals surface area contributed by atoms with Gasteiger partial charge in [-0.05, 0) is 48.1 Å². The van der Waals surface area contributed by atoms with Crippen molar-refractivity contribution in [2.75, 3.05) is 13.7 Å². The number of Topliss-reactive ketones (excluding diaryl/α,β-unsaturated/α-hetero) is 1. The molecule has 1 aliphatic rings. The molecule has 4 heteroatoms. The van der Waals surface area contributed by atoms with Crippen molar-refractivity contribution in [2.45, 2.75) is 44.8 Å². The first-order valence-corrected chi connectivity index (χ1v) is 7.89. The van der Waals surface area contributed by atoms with E-state index in [-0.39, 0.29) is 12.2 Å². The zero-order valence-corrected chi connectivity index (χ0v) is 12.4. The maximum atomic E-state index is 12.2. The zero-order valence-electron chi connectivity index (χ0n) is 11.6. The highest BCUT2D eigenvalue weighted by atomic mass is 32.1. The fourth-order valence-electron chi connectivity index (χ4n) is 2.91. The van der Waals surface area contributed by atoms with E-state index in [0.717, 1.165) is 12.8 Å². The first-order valence-electron chi connectivity index (χ1n) is 6.95. The second-order valence-corrected chi connectivity index (χ2v) is 5.76. The van der Waals surface area contributed by atoms with Crippen LogP contribution in [0.4, 0.5) is 0 Å². The van der Waals surface area contributed by atoms with E-state index in [0.29, 0.717) is 31.1 Å². The molecule has 0 amide bonds. The highest BCUT2D eigenvalue weighted by Crippen LogP contribution is 2.39. The third-order valence-corrected chi connectivity index (χ3v) is 4.57. The van der Waals surface area contributed by atoms with Crippen LogP contribution in [-0.4, -0.2) is 25.8 Å². The maximum Gasteiger partial charge on any atom is 0.157 e. The molecule has 3 nitrogen and oxygen atoms in total. The summed E-state index contributed by atoms with van der Waals surface area (Å²) in [6.45, 7) is 2.56. The molecule has 0 aromatic carbocycles. The normalized spacial score (nSPS) is 25.5. The second-order valence-electron chi connectivity index (χ2n) is 4.98. The van der Waals surface area contributed by atoms with E-state index in [1.165, 1.54) is 5.56 Å². The molecule has 0 aliphatic heterocycles. The average Bonchev–Trinajstić information content (AvgIpc) is 2.94. The highest BCUT2D eigenvalue weighted by molar-refractivity contribution is 7.08. The first-order chi connectivity index (χ1) is 9.26. The van der Waals surface area contributed by atoms with Crippen LogP contribution >= 0.6 is 11.3 Å². The molecule has 1 aromatic heterocycles. The molecule has 2 rings (SSSR count). The lowest BCUT2D eigenvalue weighted by Gasteiger charge is -2.32. The van der Waals surface area contributed by atoms with E-state index in [1.54, 1.807) is 18.4 Å². The molecule has 3 atom stereocenters. The smallest absolute Gasteiger partial charge is 0.157 e. The number of rotatable bonds is 6. The molecule has 0 N–H and O–H groups in total. The van der Waals surface area contributed by atoms with E-state index < -0.39 is 0 Å². The average molecular weight is 282 g/mol. The van der Waals surface area contributed by atoms with E-state index in [4.69, 9.17) is 9.47 Å². The Hall–Kier alpha value is -0.710. The number of carbonyl (C=O) groups excluding carboxylic acids is 1. The summed E-state index contributed by atoms with van der Waals surface area (Å²) in [4.78, 5) is 12.2. The minimum absolute atomic E-state index is 0.0415. The van der Waals surface area contributed by atoms with Crippen molar-refractivity contribution in [1.82, 2.24) is 0 Å². The molecule has 106 valence electrons. The van der Waals surface area contributed by atoms with Gasteiger partial charge < -0.3 is 9.47 Å². The van der Waals surface area contributed by atoms with Gasteiger partial charge in [0.2, 0.25) is 0 Å². The summed E-state index contributed by atoms with van der Waals surface area (Å²) in [6, 6.07) is 2.14. The van der Waals surface area contributed by atoms with Gasteiger partial charge in [-0.3, -0.25) is 4.79 Å². The zero-order chi connectivity index (χ0) is 13.7. The third-order valence-electron chi connectivity index (χ3n) is 3.87. The molecule has 1 heterocycles. The van der Waals surface area contributed by atoms with Gasteiger partial charge in [0, 0.05) is 32.5 Å². The van der Waals surface area contributed by atoms with Crippen LogP contribution in [0.25, 0.3) is 0 Å². The van der Waals surface area contributed by atoms with Crippen LogP contribution in [0.3, 0.4) is 0 Å². The van der Waals surface area contributed by atoms with Gasteiger partial charge in [-0.25, -0.2) is 0 Å². The Bertz CT molecular complexity index is 388. The summed E-state index contributed by atoms with van der Waals surface area (Å²) >= 11 is 1.70. The number of carbonyl (C=O) groups is 1. The predicted octanol–water partition coefficient (Wildman–Crippen LogP) is 3.60. The van der Waals surface area contributed by atoms with Gasteiger partial charge in [0.1, 0.15) is 5.78 Å². The Morgan fingerprint density at radius 2 is 2.37 bits per heavy atom. The van der Waals surface area contributed by atoms with Crippen LogP contribution in [0, 0.1) is 5.92 Å². The van der Waals surface area contributed by atoms with Crippen LogP contribution in [0.15, 0.2) is 16.8 Å². The van der Waals surface area contributed by atoms with Gasteiger partial charge in [0.15, 0.2) is 6.29 Å². The quantitative estimate of drug-likeness (QED) is 0.748. The fourth-order valence-corrected chi connectivity index (χ4v) is 3.64. The topological polar surface area (TPSA) is 35.5 Å². The summed E-state index contributed by atoms with van der Waals surface area (Å²) in [6.07, 6.45) is 3.20. The maximum absolute atomic E-state index is 12.2. The van der Waals surface area contributed by atoms with Gasteiger partial charge in [0.05, 0.1) is 0 Å². The molecule has 1 fully saturated rings. The van der Waals surface area contributed by atoms with E-state index in [9.17, 15) is 4.79 Å². The Morgan fingerprint density at radius 1 is 1.53 bits per heavy atom. The molecule has 0 radical (unpaired) electrons. The number of hydrogen-bond acceptors (Lipinski definition) is 4. The second kappa shape index (κ2) is 7.17. The van der Waals surface area contributed by atoms with E-state index in [1.807, 2.05) is 6.92 Å². The summed E-state index contributed by atoms with van der Waals surface area (Å²) in [5.41, 5.74) is 1.30.